The van der Waals surface area contributed by atoms with E-state index in [2.05, 4.69) is 21.1 Å². The number of aromatic nitrogens is 1. The molecule has 0 bridgehead atoms. The normalized spacial score (nSPS) is 16.5. The van der Waals surface area contributed by atoms with Crippen molar-refractivity contribution >= 4 is 23.4 Å². The lowest BCUT2D eigenvalue weighted by molar-refractivity contribution is -0.125. The molecule has 0 saturated carbocycles. The number of carbonyl (C=O) groups is 3. The van der Waals surface area contributed by atoms with Crippen molar-refractivity contribution in [3.05, 3.63) is 46.8 Å². The van der Waals surface area contributed by atoms with E-state index in [9.17, 15) is 14.4 Å². The van der Waals surface area contributed by atoms with Crippen LogP contribution in [0.3, 0.4) is 0 Å². The topological polar surface area (TPSA) is 113 Å². The zero-order valence-corrected chi connectivity index (χ0v) is 13.9. The lowest BCUT2D eigenvalue weighted by Crippen LogP contribution is -2.44. The van der Waals surface area contributed by atoms with E-state index in [4.69, 9.17) is 4.52 Å². The van der Waals surface area contributed by atoms with Crippen molar-refractivity contribution in [3.8, 4) is 0 Å². The number of amides is 3. The van der Waals surface area contributed by atoms with Gasteiger partial charge in [0.2, 0.25) is 11.8 Å². The molecule has 0 spiro atoms. The minimum absolute atomic E-state index is 0.158. The highest BCUT2D eigenvalue weighted by atomic mass is 16.5. The van der Waals surface area contributed by atoms with Crippen molar-refractivity contribution in [2.75, 3.05) is 5.32 Å². The third-order valence-electron chi connectivity index (χ3n) is 4.08. The fraction of sp³-hybridized carbons (Fsp3) is 0.294. The summed E-state index contributed by atoms with van der Waals surface area (Å²) in [6.07, 6.45) is -0.158. The Bertz CT molecular complexity index is 823. The van der Waals surface area contributed by atoms with Crippen LogP contribution in [0.4, 0.5) is 5.69 Å². The van der Waals surface area contributed by atoms with E-state index in [1.54, 1.807) is 38.1 Å². The van der Waals surface area contributed by atoms with Gasteiger partial charge in [0.25, 0.3) is 5.91 Å². The summed E-state index contributed by atoms with van der Waals surface area (Å²) >= 11 is 0. The minimum Gasteiger partial charge on any atom is -0.361 e. The predicted octanol–water partition coefficient (Wildman–Crippen LogP) is 1.05. The van der Waals surface area contributed by atoms with Crippen LogP contribution in [0, 0.1) is 13.8 Å². The Morgan fingerprint density at radius 3 is 2.76 bits per heavy atom. The van der Waals surface area contributed by atoms with Crippen LogP contribution in [0.2, 0.25) is 0 Å². The quantitative estimate of drug-likeness (QED) is 0.768. The van der Waals surface area contributed by atoms with E-state index in [0.29, 0.717) is 22.7 Å². The smallest absolute Gasteiger partial charge is 0.254 e. The first-order valence-corrected chi connectivity index (χ1v) is 7.85. The Morgan fingerprint density at radius 1 is 1.28 bits per heavy atom. The van der Waals surface area contributed by atoms with Crippen molar-refractivity contribution in [1.82, 2.24) is 15.8 Å². The summed E-state index contributed by atoms with van der Waals surface area (Å²) in [6, 6.07) is 5.76. The van der Waals surface area contributed by atoms with Crippen LogP contribution in [-0.4, -0.2) is 28.9 Å². The fourth-order valence-corrected chi connectivity index (χ4v) is 2.65. The number of benzene rings is 1. The molecule has 2 aromatic rings. The van der Waals surface area contributed by atoms with Crippen molar-refractivity contribution in [2.24, 2.45) is 0 Å². The number of para-hydroxylation sites is 1. The Balaban J connectivity index is 1.64. The zero-order valence-electron chi connectivity index (χ0n) is 13.9. The second-order valence-corrected chi connectivity index (χ2v) is 5.84. The van der Waals surface area contributed by atoms with E-state index >= 15 is 0 Å². The minimum atomic E-state index is -0.940. The molecule has 25 heavy (non-hydrogen) atoms. The number of carbonyl (C=O) groups excluding carboxylic acids is 3. The molecule has 3 rings (SSSR count). The van der Waals surface area contributed by atoms with Gasteiger partial charge in [0, 0.05) is 12.1 Å². The Hall–Kier alpha value is -3.16. The molecule has 8 heteroatoms. The molecule has 2 heterocycles. The molecule has 1 aliphatic heterocycles. The van der Waals surface area contributed by atoms with Crippen LogP contribution in [0.25, 0.3) is 0 Å². The van der Waals surface area contributed by atoms with Gasteiger partial charge in [0.05, 0.1) is 23.4 Å². The van der Waals surface area contributed by atoms with E-state index in [-0.39, 0.29) is 18.9 Å². The molecular weight excluding hydrogens is 324 g/mol. The molecule has 0 fully saturated rings. The van der Waals surface area contributed by atoms with E-state index in [1.807, 2.05) is 0 Å². The molecule has 0 radical (unpaired) electrons. The highest BCUT2D eigenvalue weighted by Crippen LogP contribution is 2.19. The maximum atomic E-state index is 12.3. The van der Waals surface area contributed by atoms with Gasteiger partial charge in [-0.25, -0.2) is 0 Å². The standard InChI is InChI=1S/C17H18N4O4/c1-9-12(10(2)25-21-9)8-18-15(22)7-14-17(24)19-13-6-4-3-5-11(13)16(23)20-14/h3-6,14H,7-8H2,1-2H3,(H,18,22)(H,19,24)(H,20,23)/t14-/m0/s1. The number of nitrogens with one attached hydrogen (secondary N) is 3. The van der Waals surface area contributed by atoms with Gasteiger partial charge in [-0.2, -0.15) is 0 Å². The van der Waals surface area contributed by atoms with Gasteiger partial charge >= 0.3 is 0 Å². The Morgan fingerprint density at radius 2 is 2.04 bits per heavy atom. The number of rotatable bonds is 4. The number of aryl methyl sites for hydroxylation is 2. The summed E-state index contributed by atoms with van der Waals surface area (Å²) < 4.78 is 5.04. The van der Waals surface area contributed by atoms with Crippen LogP contribution in [-0.2, 0) is 16.1 Å². The summed E-state index contributed by atoms with van der Waals surface area (Å²) in [4.78, 5) is 36.7. The zero-order chi connectivity index (χ0) is 18.0. The lowest BCUT2D eigenvalue weighted by Gasteiger charge is -2.14. The summed E-state index contributed by atoms with van der Waals surface area (Å²) in [6.45, 7) is 3.80. The molecule has 130 valence electrons. The van der Waals surface area contributed by atoms with Gasteiger partial charge < -0.3 is 20.5 Å². The first kappa shape index (κ1) is 16.7. The molecule has 0 aliphatic carbocycles. The van der Waals surface area contributed by atoms with Crippen LogP contribution >= 0.6 is 0 Å². The van der Waals surface area contributed by atoms with Gasteiger partial charge in [0.15, 0.2) is 0 Å². The maximum absolute atomic E-state index is 12.3. The Labute approximate surface area is 144 Å². The van der Waals surface area contributed by atoms with Gasteiger partial charge in [-0.05, 0) is 26.0 Å². The first-order chi connectivity index (χ1) is 12.0. The summed E-state index contributed by atoms with van der Waals surface area (Å²) in [7, 11) is 0. The molecular formula is C17H18N4O4. The molecule has 1 aromatic heterocycles. The molecule has 3 amide bonds. The Kier molecular flexibility index (Phi) is 4.51. The van der Waals surface area contributed by atoms with Crippen LogP contribution < -0.4 is 16.0 Å². The number of anilines is 1. The summed E-state index contributed by atoms with van der Waals surface area (Å²) in [5.74, 6) is -0.538. The van der Waals surface area contributed by atoms with E-state index in [0.717, 1.165) is 5.56 Å². The molecule has 0 unspecified atom stereocenters. The van der Waals surface area contributed by atoms with Crippen molar-refractivity contribution in [1.29, 1.82) is 0 Å². The van der Waals surface area contributed by atoms with Crippen LogP contribution in [0.15, 0.2) is 28.8 Å². The maximum Gasteiger partial charge on any atom is 0.254 e. The predicted molar refractivity (Wildman–Crippen MR) is 88.8 cm³/mol. The van der Waals surface area contributed by atoms with Gasteiger partial charge in [0.1, 0.15) is 11.8 Å². The van der Waals surface area contributed by atoms with Crippen LogP contribution in [0.5, 0.6) is 0 Å². The molecule has 1 aromatic carbocycles. The van der Waals surface area contributed by atoms with Crippen molar-refractivity contribution < 1.29 is 18.9 Å². The lowest BCUT2D eigenvalue weighted by atomic mass is 10.1. The fourth-order valence-electron chi connectivity index (χ4n) is 2.65. The van der Waals surface area contributed by atoms with E-state index < -0.39 is 17.9 Å². The average molecular weight is 342 g/mol. The summed E-state index contributed by atoms with van der Waals surface area (Å²) in [5.41, 5.74) is 2.31. The van der Waals surface area contributed by atoms with E-state index in [1.165, 1.54) is 0 Å². The number of hydrogen-bond donors (Lipinski definition) is 3. The van der Waals surface area contributed by atoms with Gasteiger partial charge in [-0.3, -0.25) is 14.4 Å². The largest absolute Gasteiger partial charge is 0.361 e. The van der Waals surface area contributed by atoms with Gasteiger partial charge in [-0.1, -0.05) is 17.3 Å². The number of hydrogen-bond acceptors (Lipinski definition) is 5. The van der Waals surface area contributed by atoms with Crippen LogP contribution in [0.1, 0.15) is 33.8 Å². The highest BCUT2D eigenvalue weighted by Gasteiger charge is 2.29. The first-order valence-electron chi connectivity index (χ1n) is 7.85. The third-order valence-corrected chi connectivity index (χ3v) is 4.08. The van der Waals surface area contributed by atoms with Crippen molar-refractivity contribution in [2.45, 2.75) is 32.9 Å². The molecule has 1 atom stereocenters. The second-order valence-electron chi connectivity index (χ2n) is 5.84. The summed E-state index contributed by atoms with van der Waals surface area (Å²) in [5, 5.41) is 11.8. The molecule has 0 saturated heterocycles. The van der Waals surface area contributed by atoms with Crippen molar-refractivity contribution in [3.63, 3.8) is 0 Å². The SMILES string of the molecule is Cc1noc(C)c1CNC(=O)C[C@@H]1NC(=O)c2ccccc2NC1=O. The number of fused-ring (bicyclic) bond motifs is 1. The third kappa shape index (κ3) is 3.52. The van der Waals surface area contributed by atoms with Gasteiger partial charge in [-0.15, -0.1) is 0 Å². The number of nitrogens with zero attached hydrogens (tertiary/aromatic N) is 1. The average Bonchev–Trinajstić information content (AvgIpc) is 2.84. The molecule has 1 aliphatic rings. The monoisotopic (exact) mass is 342 g/mol. The second kappa shape index (κ2) is 6.76. The molecule has 8 nitrogen and oxygen atoms in total. The molecule has 3 N–H and O–H groups in total. The highest BCUT2D eigenvalue weighted by molar-refractivity contribution is 6.10.